The zero-order valence-corrected chi connectivity index (χ0v) is 13.8. The van der Waals surface area contributed by atoms with Crippen LogP contribution in [0.25, 0.3) is 10.9 Å². The molecule has 2 aromatic carbocycles. The van der Waals surface area contributed by atoms with Crippen molar-refractivity contribution in [1.82, 2.24) is 10.3 Å². The largest absolute Gasteiger partial charge is 0.484 e. The molecule has 1 heterocycles. The minimum absolute atomic E-state index is 0.0673. The number of ether oxygens (including phenoxy) is 1. The summed E-state index contributed by atoms with van der Waals surface area (Å²) in [5, 5.41) is 3.92. The fourth-order valence-electron chi connectivity index (χ4n) is 2.62. The van der Waals surface area contributed by atoms with Gasteiger partial charge in [-0.15, -0.1) is 0 Å². The predicted molar refractivity (Wildman–Crippen MR) is 92.3 cm³/mol. The molecule has 0 unspecified atom stereocenters. The van der Waals surface area contributed by atoms with E-state index in [1.165, 1.54) is 24.3 Å². The fourth-order valence-corrected chi connectivity index (χ4v) is 2.62. The highest BCUT2D eigenvalue weighted by Crippen LogP contribution is 2.19. The normalized spacial score (nSPS) is 11.5. The number of aromatic amines is 1. The van der Waals surface area contributed by atoms with Gasteiger partial charge >= 0.3 is 6.18 Å². The van der Waals surface area contributed by atoms with Crippen molar-refractivity contribution in [3.63, 3.8) is 0 Å². The van der Waals surface area contributed by atoms with Crippen LogP contribution in [0.5, 0.6) is 5.75 Å². The molecule has 3 aromatic rings. The van der Waals surface area contributed by atoms with Crippen LogP contribution in [-0.4, -0.2) is 30.2 Å². The molecule has 0 spiro atoms. The van der Waals surface area contributed by atoms with E-state index >= 15 is 0 Å². The molecule has 4 nitrogen and oxygen atoms in total. The molecule has 2 N–H and O–H groups in total. The number of fused-ring (bicyclic) bond motifs is 1. The molecular weight excluding hydrogens is 345 g/mol. The van der Waals surface area contributed by atoms with E-state index in [0.717, 1.165) is 16.5 Å². The standard InChI is InChI=1S/C19H17F3N2O2/c20-19(21,22)12-26-15-7-5-13(6-8-15)18(25)23-10-9-14-11-24-17-4-2-1-3-16(14)17/h1-8,11,24H,9-10,12H2,(H,23,25). The Hall–Kier alpha value is -2.96. The highest BCUT2D eigenvalue weighted by molar-refractivity contribution is 5.94. The Morgan fingerprint density at radius 2 is 1.81 bits per heavy atom. The minimum Gasteiger partial charge on any atom is -0.484 e. The quantitative estimate of drug-likeness (QED) is 0.694. The molecule has 0 bridgehead atoms. The number of rotatable bonds is 6. The van der Waals surface area contributed by atoms with Crippen molar-refractivity contribution in [3.05, 3.63) is 65.9 Å². The van der Waals surface area contributed by atoms with Crippen LogP contribution in [0.1, 0.15) is 15.9 Å². The number of amides is 1. The van der Waals surface area contributed by atoms with E-state index in [1.54, 1.807) is 0 Å². The summed E-state index contributed by atoms with van der Waals surface area (Å²) in [6, 6.07) is 13.5. The van der Waals surface area contributed by atoms with Crippen molar-refractivity contribution >= 4 is 16.8 Å². The number of aromatic nitrogens is 1. The Labute approximate surface area is 148 Å². The van der Waals surface area contributed by atoms with Gasteiger partial charge in [-0.25, -0.2) is 0 Å². The van der Waals surface area contributed by atoms with Gasteiger partial charge in [-0.05, 0) is 42.3 Å². The van der Waals surface area contributed by atoms with Gasteiger partial charge in [-0.2, -0.15) is 13.2 Å². The van der Waals surface area contributed by atoms with Gasteiger partial charge in [0.25, 0.3) is 5.91 Å². The van der Waals surface area contributed by atoms with E-state index in [1.807, 2.05) is 30.5 Å². The van der Waals surface area contributed by atoms with Gasteiger partial charge in [0.15, 0.2) is 6.61 Å². The molecule has 26 heavy (non-hydrogen) atoms. The van der Waals surface area contributed by atoms with Gasteiger partial charge in [0, 0.05) is 29.2 Å². The smallest absolute Gasteiger partial charge is 0.422 e. The van der Waals surface area contributed by atoms with Crippen LogP contribution < -0.4 is 10.1 Å². The number of nitrogens with one attached hydrogen (secondary N) is 2. The van der Waals surface area contributed by atoms with E-state index in [9.17, 15) is 18.0 Å². The van der Waals surface area contributed by atoms with Crippen molar-refractivity contribution in [3.8, 4) is 5.75 Å². The molecule has 0 fully saturated rings. The van der Waals surface area contributed by atoms with Crippen LogP contribution in [0.3, 0.4) is 0 Å². The maximum atomic E-state index is 12.1. The molecular formula is C19H17F3N2O2. The predicted octanol–water partition coefficient (Wildman–Crippen LogP) is 4.08. The molecule has 0 aliphatic heterocycles. The molecule has 0 aliphatic carbocycles. The van der Waals surface area contributed by atoms with Crippen LogP contribution in [0.2, 0.25) is 0 Å². The third-order valence-electron chi connectivity index (χ3n) is 3.87. The van der Waals surface area contributed by atoms with Crippen LogP contribution in [0.15, 0.2) is 54.7 Å². The number of H-pyrrole nitrogens is 1. The lowest BCUT2D eigenvalue weighted by molar-refractivity contribution is -0.153. The number of hydrogen-bond acceptors (Lipinski definition) is 2. The lowest BCUT2D eigenvalue weighted by atomic mass is 10.1. The number of alkyl halides is 3. The van der Waals surface area contributed by atoms with Crippen LogP contribution in [0.4, 0.5) is 13.2 Å². The van der Waals surface area contributed by atoms with E-state index in [-0.39, 0.29) is 11.7 Å². The van der Waals surface area contributed by atoms with Crippen molar-refractivity contribution in [1.29, 1.82) is 0 Å². The first kappa shape index (κ1) is 17.8. The molecule has 7 heteroatoms. The van der Waals surface area contributed by atoms with Crippen LogP contribution in [-0.2, 0) is 6.42 Å². The summed E-state index contributed by atoms with van der Waals surface area (Å²) in [5.74, 6) is -0.218. The second kappa shape index (κ2) is 7.51. The Morgan fingerprint density at radius 1 is 1.08 bits per heavy atom. The maximum absolute atomic E-state index is 12.1. The van der Waals surface area contributed by atoms with Crippen molar-refractivity contribution in [2.24, 2.45) is 0 Å². The van der Waals surface area contributed by atoms with Crippen LogP contribution in [0, 0.1) is 0 Å². The maximum Gasteiger partial charge on any atom is 0.422 e. The Bertz CT molecular complexity index is 886. The monoisotopic (exact) mass is 362 g/mol. The van der Waals surface area contributed by atoms with E-state index < -0.39 is 12.8 Å². The summed E-state index contributed by atoms with van der Waals surface area (Å²) in [4.78, 5) is 15.3. The number of benzene rings is 2. The molecule has 1 amide bonds. The van der Waals surface area contributed by atoms with Gasteiger partial charge in [0.1, 0.15) is 5.75 Å². The second-order valence-corrected chi connectivity index (χ2v) is 5.79. The molecule has 0 aliphatic rings. The second-order valence-electron chi connectivity index (χ2n) is 5.79. The van der Waals surface area contributed by atoms with Gasteiger partial charge in [0.2, 0.25) is 0 Å². The van der Waals surface area contributed by atoms with Crippen molar-refractivity contribution in [2.45, 2.75) is 12.6 Å². The van der Waals surface area contributed by atoms with E-state index in [0.29, 0.717) is 18.5 Å². The summed E-state index contributed by atoms with van der Waals surface area (Å²) < 4.78 is 40.9. The topological polar surface area (TPSA) is 54.1 Å². The highest BCUT2D eigenvalue weighted by Gasteiger charge is 2.28. The first-order valence-corrected chi connectivity index (χ1v) is 8.05. The average molecular weight is 362 g/mol. The summed E-state index contributed by atoms with van der Waals surface area (Å²) in [6.45, 7) is -0.907. The summed E-state index contributed by atoms with van der Waals surface area (Å²) >= 11 is 0. The van der Waals surface area contributed by atoms with Gasteiger partial charge in [0.05, 0.1) is 0 Å². The van der Waals surface area contributed by atoms with E-state index in [4.69, 9.17) is 0 Å². The van der Waals surface area contributed by atoms with E-state index in [2.05, 4.69) is 15.0 Å². The minimum atomic E-state index is -4.39. The van der Waals surface area contributed by atoms with Gasteiger partial charge in [-0.3, -0.25) is 4.79 Å². The molecule has 3 rings (SSSR count). The zero-order valence-electron chi connectivity index (χ0n) is 13.8. The number of para-hydroxylation sites is 1. The Balaban J connectivity index is 1.52. The number of carbonyl (C=O) groups is 1. The van der Waals surface area contributed by atoms with Gasteiger partial charge < -0.3 is 15.0 Å². The Morgan fingerprint density at radius 3 is 2.54 bits per heavy atom. The van der Waals surface area contributed by atoms with Gasteiger partial charge in [-0.1, -0.05) is 18.2 Å². The molecule has 0 atom stereocenters. The summed E-state index contributed by atoms with van der Waals surface area (Å²) in [6.07, 6.45) is -1.80. The SMILES string of the molecule is O=C(NCCc1c[nH]c2ccccc12)c1ccc(OCC(F)(F)F)cc1. The molecule has 0 radical (unpaired) electrons. The molecule has 1 aromatic heterocycles. The molecule has 136 valence electrons. The van der Waals surface area contributed by atoms with Crippen molar-refractivity contribution < 1.29 is 22.7 Å². The summed E-state index contributed by atoms with van der Waals surface area (Å²) in [5.41, 5.74) is 2.52. The average Bonchev–Trinajstić information content (AvgIpc) is 3.03. The first-order valence-electron chi connectivity index (χ1n) is 8.05. The number of halogens is 3. The lowest BCUT2D eigenvalue weighted by Gasteiger charge is -2.09. The third kappa shape index (κ3) is 4.56. The van der Waals surface area contributed by atoms with Crippen LogP contribution >= 0.6 is 0 Å². The summed E-state index contributed by atoms with van der Waals surface area (Å²) in [7, 11) is 0. The number of carbonyl (C=O) groups excluding carboxylic acids is 1. The highest BCUT2D eigenvalue weighted by atomic mass is 19.4. The molecule has 0 saturated heterocycles. The fraction of sp³-hybridized carbons (Fsp3) is 0.211. The number of hydrogen-bond donors (Lipinski definition) is 2. The first-order chi connectivity index (χ1) is 12.4. The van der Waals surface area contributed by atoms with Crippen molar-refractivity contribution in [2.75, 3.05) is 13.2 Å². The molecule has 0 saturated carbocycles. The third-order valence-corrected chi connectivity index (χ3v) is 3.87. The Kier molecular flexibility index (Phi) is 5.16. The lowest BCUT2D eigenvalue weighted by Crippen LogP contribution is -2.25. The zero-order chi connectivity index (χ0) is 18.6.